The predicted molar refractivity (Wildman–Crippen MR) is 104 cm³/mol. The molecule has 1 heterocycles. The van der Waals surface area contributed by atoms with E-state index in [-0.39, 0.29) is 36.4 Å². The van der Waals surface area contributed by atoms with E-state index in [1.807, 2.05) is 0 Å². The predicted octanol–water partition coefficient (Wildman–Crippen LogP) is 1.65. The number of amides is 3. The molecule has 7 nitrogen and oxygen atoms in total. The van der Waals surface area contributed by atoms with Gasteiger partial charge in [0.15, 0.2) is 9.84 Å². The molecule has 0 unspecified atom stereocenters. The van der Waals surface area contributed by atoms with Crippen LogP contribution in [0.5, 0.6) is 0 Å². The number of imide groups is 1. The van der Waals surface area contributed by atoms with E-state index >= 15 is 0 Å². The average Bonchev–Trinajstić information content (AvgIpc) is 2.93. The molecule has 0 saturated heterocycles. The van der Waals surface area contributed by atoms with E-state index in [2.05, 4.69) is 5.32 Å². The molecule has 2 aromatic carbocycles. The van der Waals surface area contributed by atoms with Crippen molar-refractivity contribution >= 4 is 27.6 Å². The van der Waals surface area contributed by atoms with Crippen LogP contribution < -0.4 is 5.32 Å². The quantitative estimate of drug-likeness (QED) is 0.712. The van der Waals surface area contributed by atoms with Crippen LogP contribution in [0.4, 0.5) is 0 Å². The van der Waals surface area contributed by atoms with Crippen molar-refractivity contribution in [3.05, 3.63) is 70.8 Å². The molecular weight excluding hydrogens is 380 g/mol. The Hall–Kier alpha value is -3.00. The molecule has 1 aliphatic rings. The fraction of sp³-hybridized carbons (Fsp3) is 0.250. The first kappa shape index (κ1) is 19.8. The van der Waals surface area contributed by atoms with Gasteiger partial charge in [0.2, 0.25) is 0 Å². The molecule has 3 amide bonds. The van der Waals surface area contributed by atoms with Gasteiger partial charge in [-0.25, -0.2) is 8.42 Å². The summed E-state index contributed by atoms with van der Waals surface area (Å²) >= 11 is 0. The number of nitrogens with one attached hydrogen (secondary N) is 1. The second-order valence-electron chi connectivity index (χ2n) is 6.43. The second kappa shape index (κ2) is 7.93. The van der Waals surface area contributed by atoms with Crippen LogP contribution in [0.1, 0.15) is 43.6 Å². The molecule has 146 valence electrons. The Balaban J connectivity index is 1.68. The van der Waals surface area contributed by atoms with Crippen LogP contribution in [0.25, 0.3) is 0 Å². The van der Waals surface area contributed by atoms with Gasteiger partial charge >= 0.3 is 0 Å². The standard InChI is InChI=1S/C20H20N2O5S/c1-2-28(26,27)11-10-21-18(23)15-7-5-6-14(12-15)13-22-19(24)16-8-3-4-9-17(16)20(22)25/h3-9,12H,2,10-11,13H2,1H3,(H,21,23). The van der Waals surface area contributed by atoms with Crippen molar-refractivity contribution in [1.82, 2.24) is 10.2 Å². The van der Waals surface area contributed by atoms with Gasteiger partial charge in [-0.05, 0) is 29.8 Å². The highest BCUT2D eigenvalue weighted by atomic mass is 32.2. The van der Waals surface area contributed by atoms with Crippen molar-refractivity contribution in [1.29, 1.82) is 0 Å². The van der Waals surface area contributed by atoms with E-state index in [1.165, 1.54) is 0 Å². The lowest BCUT2D eigenvalue weighted by Gasteiger charge is -2.14. The van der Waals surface area contributed by atoms with Crippen molar-refractivity contribution in [3.8, 4) is 0 Å². The van der Waals surface area contributed by atoms with Crippen LogP contribution in [-0.2, 0) is 16.4 Å². The summed E-state index contributed by atoms with van der Waals surface area (Å²) in [6, 6.07) is 13.2. The molecule has 8 heteroatoms. The molecule has 0 aromatic heterocycles. The zero-order chi connectivity index (χ0) is 20.3. The molecule has 1 N–H and O–H groups in total. The number of fused-ring (bicyclic) bond motifs is 1. The zero-order valence-corrected chi connectivity index (χ0v) is 16.2. The third kappa shape index (κ3) is 4.12. The Bertz CT molecular complexity index is 1010. The maximum absolute atomic E-state index is 12.5. The average molecular weight is 400 g/mol. The van der Waals surface area contributed by atoms with Crippen LogP contribution in [0.3, 0.4) is 0 Å². The number of carbonyl (C=O) groups is 3. The molecule has 0 fully saturated rings. The van der Waals surface area contributed by atoms with Gasteiger partial charge < -0.3 is 5.32 Å². The van der Waals surface area contributed by atoms with Crippen molar-refractivity contribution in [3.63, 3.8) is 0 Å². The van der Waals surface area contributed by atoms with E-state index in [0.29, 0.717) is 22.3 Å². The van der Waals surface area contributed by atoms with Gasteiger partial charge in [-0.15, -0.1) is 0 Å². The highest BCUT2D eigenvalue weighted by Gasteiger charge is 2.34. The Labute approximate surface area is 163 Å². The van der Waals surface area contributed by atoms with E-state index < -0.39 is 15.7 Å². The minimum absolute atomic E-state index is 0.0254. The largest absolute Gasteiger partial charge is 0.351 e. The summed E-state index contributed by atoms with van der Waals surface area (Å²) in [6.07, 6.45) is 0. The van der Waals surface area contributed by atoms with Crippen LogP contribution in [0, 0.1) is 0 Å². The Morgan fingerprint density at radius 2 is 1.64 bits per heavy atom. The van der Waals surface area contributed by atoms with Gasteiger partial charge in [0.25, 0.3) is 17.7 Å². The number of hydrogen-bond donors (Lipinski definition) is 1. The number of benzene rings is 2. The SMILES string of the molecule is CCS(=O)(=O)CCNC(=O)c1cccc(CN2C(=O)c3ccccc3C2=O)c1. The highest BCUT2D eigenvalue weighted by molar-refractivity contribution is 7.91. The van der Waals surface area contributed by atoms with Crippen LogP contribution in [-0.4, -0.2) is 49.1 Å². The van der Waals surface area contributed by atoms with Crippen LogP contribution in [0.15, 0.2) is 48.5 Å². The second-order valence-corrected chi connectivity index (χ2v) is 8.91. The molecule has 3 rings (SSSR count). The number of nitrogens with zero attached hydrogens (tertiary/aromatic N) is 1. The third-order valence-corrected chi connectivity index (χ3v) is 6.25. The normalized spacial score (nSPS) is 13.5. The molecule has 0 saturated carbocycles. The van der Waals surface area contributed by atoms with Gasteiger partial charge in [-0.3, -0.25) is 19.3 Å². The molecule has 28 heavy (non-hydrogen) atoms. The first-order chi connectivity index (χ1) is 13.3. The van der Waals surface area contributed by atoms with Crippen molar-refractivity contribution in [2.75, 3.05) is 18.1 Å². The van der Waals surface area contributed by atoms with Gasteiger partial charge in [0.1, 0.15) is 0 Å². The Morgan fingerprint density at radius 1 is 1.00 bits per heavy atom. The summed E-state index contributed by atoms with van der Waals surface area (Å²) in [5, 5.41) is 2.58. The maximum Gasteiger partial charge on any atom is 0.261 e. The lowest BCUT2D eigenvalue weighted by atomic mass is 10.1. The minimum atomic E-state index is -3.16. The summed E-state index contributed by atoms with van der Waals surface area (Å²) in [5.41, 5.74) is 1.71. The van der Waals surface area contributed by atoms with Crippen LogP contribution >= 0.6 is 0 Å². The van der Waals surface area contributed by atoms with E-state index in [4.69, 9.17) is 0 Å². The lowest BCUT2D eigenvalue weighted by molar-refractivity contribution is 0.0642. The monoisotopic (exact) mass is 400 g/mol. The molecule has 0 radical (unpaired) electrons. The summed E-state index contributed by atoms with van der Waals surface area (Å²) in [5.74, 6) is -1.22. The fourth-order valence-corrected chi connectivity index (χ4v) is 3.64. The number of sulfone groups is 1. The topological polar surface area (TPSA) is 101 Å². The molecule has 0 bridgehead atoms. The number of hydrogen-bond acceptors (Lipinski definition) is 5. The van der Waals surface area contributed by atoms with Crippen molar-refractivity contribution < 1.29 is 22.8 Å². The van der Waals surface area contributed by atoms with E-state index in [1.54, 1.807) is 55.5 Å². The molecule has 0 aliphatic carbocycles. The first-order valence-corrected chi connectivity index (χ1v) is 10.7. The summed E-state index contributed by atoms with van der Waals surface area (Å²) < 4.78 is 23.0. The summed E-state index contributed by atoms with van der Waals surface area (Å²) in [6.45, 7) is 1.63. The number of carbonyl (C=O) groups excluding carboxylic acids is 3. The van der Waals surface area contributed by atoms with E-state index in [9.17, 15) is 22.8 Å². The van der Waals surface area contributed by atoms with Crippen molar-refractivity contribution in [2.24, 2.45) is 0 Å². The molecule has 2 aromatic rings. The Morgan fingerprint density at radius 3 is 2.25 bits per heavy atom. The third-order valence-electron chi connectivity index (χ3n) is 4.55. The van der Waals surface area contributed by atoms with Gasteiger partial charge in [-0.1, -0.05) is 31.2 Å². The summed E-state index contributed by atoms with van der Waals surface area (Å²) in [7, 11) is -3.16. The minimum Gasteiger partial charge on any atom is -0.351 e. The summed E-state index contributed by atoms with van der Waals surface area (Å²) in [4.78, 5) is 38.3. The Kier molecular flexibility index (Phi) is 5.60. The smallest absolute Gasteiger partial charge is 0.261 e. The molecule has 0 atom stereocenters. The van der Waals surface area contributed by atoms with Gasteiger partial charge in [0.05, 0.1) is 23.4 Å². The van der Waals surface area contributed by atoms with Gasteiger partial charge in [-0.2, -0.15) is 0 Å². The lowest BCUT2D eigenvalue weighted by Crippen LogP contribution is -2.30. The van der Waals surface area contributed by atoms with Crippen LogP contribution in [0.2, 0.25) is 0 Å². The van der Waals surface area contributed by atoms with Crippen molar-refractivity contribution in [2.45, 2.75) is 13.5 Å². The molecule has 0 spiro atoms. The molecule has 1 aliphatic heterocycles. The fourth-order valence-electron chi connectivity index (χ4n) is 2.94. The highest BCUT2D eigenvalue weighted by Crippen LogP contribution is 2.24. The van der Waals surface area contributed by atoms with E-state index in [0.717, 1.165) is 4.90 Å². The number of rotatable bonds is 7. The molecular formula is C20H20N2O5S. The van der Waals surface area contributed by atoms with Gasteiger partial charge in [0, 0.05) is 17.9 Å². The first-order valence-electron chi connectivity index (χ1n) is 8.85. The zero-order valence-electron chi connectivity index (χ0n) is 15.3. The maximum atomic E-state index is 12.5.